The number of aliphatic hydroxyl groups excluding tert-OH is 2. The number of aryl methyl sites for hydroxylation is 1. The fourth-order valence-electron chi connectivity index (χ4n) is 4.06. The van der Waals surface area contributed by atoms with E-state index in [0.29, 0.717) is 12.3 Å². The van der Waals surface area contributed by atoms with E-state index in [9.17, 15) is 10.2 Å². The van der Waals surface area contributed by atoms with Crippen LogP contribution in [0.15, 0.2) is 18.6 Å². The molecule has 1 saturated carbocycles. The van der Waals surface area contributed by atoms with Crippen molar-refractivity contribution in [3.05, 3.63) is 24.3 Å². The van der Waals surface area contributed by atoms with E-state index in [1.54, 1.807) is 0 Å². The molecule has 2 fully saturated rings. The Morgan fingerprint density at radius 1 is 1.30 bits per heavy atom. The van der Waals surface area contributed by atoms with E-state index in [-0.39, 0.29) is 6.10 Å². The Bertz CT molecular complexity index is 695. The molecule has 0 unspecified atom stereocenters. The maximum atomic E-state index is 10.6. The lowest BCUT2D eigenvalue weighted by Crippen LogP contribution is -2.32. The summed E-state index contributed by atoms with van der Waals surface area (Å²) >= 11 is 0. The number of hydrogen-bond donors (Lipinski definition) is 2. The minimum atomic E-state index is -0.637. The molecule has 0 amide bonds. The molecule has 0 radical (unpaired) electrons. The summed E-state index contributed by atoms with van der Waals surface area (Å²) in [5.74, 6) is 0.303. The predicted octanol–water partition coefficient (Wildman–Crippen LogP) is 1.94. The van der Waals surface area contributed by atoms with Gasteiger partial charge in [0.15, 0.2) is 6.23 Å². The van der Waals surface area contributed by atoms with Gasteiger partial charge in [0.2, 0.25) is 0 Å². The minimum absolute atomic E-state index is 0.303. The first-order valence-corrected chi connectivity index (χ1v) is 8.45. The molecule has 6 nitrogen and oxygen atoms in total. The maximum absolute atomic E-state index is 10.6. The van der Waals surface area contributed by atoms with Gasteiger partial charge in [0, 0.05) is 18.0 Å². The normalized spacial score (nSPS) is 30.3. The molecule has 4 rings (SSSR count). The molecule has 2 aliphatic rings. The standard InChI is InChI=1S/C17H23N3O3/c1-10-12-6-7-20(16(12)19-9-18-10)17-13(21)8-14(23-17)15(22)11-4-2-3-5-11/h6-7,9,11,13-15,17,21-22H,2-5,8H2,1H3/t13-,14+,15+,17-/m1/s1. The van der Waals surface area contributed by atoms with Crippen molar-refractivity contribution in [1.29, 1.82) is 0 Å². The van der Waals surface area contributed by atoms with Crippen molar-refractivity contribution in [3.63, 3.8) is 0 Å². The van der Waals surface area contributed by atoms with Gasteiger partial charge in [-0.25, -0.2) is 9.97 Å². The third kappa shape index (κ3) is 2.55. The molecule has 3 heterocycles. The van der Waals surface area contributed by atoms with Crippen LogP contribution in [0.3, 0.4) is 0 Å². The van der Waals surface area contributed by atoms with Crippen LogP contribution in [0.1, 0.15) is 44.0 Å². The monoisotopic (exact) mass is 317 g/mol. The SMILES string of the molecule is Cc1ncnc2c1ccn2[C@@H]1O[C@H]([C@@H](O)C2CCCC2)C[C@H]1O. The Labute approximate surface area is 135 Å². The van der Waals surface area contributed by atoms with Crippen molar-refractivity contribution in [2.75, 3.05) is 0 Å². The molecule has 2 N–H and O–H groups in total. The Morgan fingerprint density at radius 3 is 2.87 bits per heavy atom. The van der Waals surface area contributed by atoms with Gasteiger partial charge in [-0.2, -0.15) is 0 Å². The molecule has 6 heteroatoms. The molecule has 0 aromatic carbocycles. The largest absolute Gasteiger partial charge is 0.390 e. The number of ether oxygens (including phenoxy) is 1. The van der Waals surface area contributed by atoms with Gasteiger partial charge in [-0.3, -0.25) is 0 Å². The van der Waals surface area contributed by atoms with Crippen molar-refractivity contribution >= 4 is 11.0 Å². The summed E-state index contributed by atoms with van der Waals surface area (Å²) in [5, 5.41) is 22.0. The summed E-state index contributed by atoms with van der Waals surface area (Å²) in [5.41, 5.74) is 1.67. The minimum Gasteiger partial charge on any atom is -0.390 e. The van der Waals surface area contributed by atoms with Gasteiger partial charge in [-0.1, -0.05) is 12.8 Å². The van der Waals surface area contributed by atoms with Crippen molar-refractivity contribution in [3.8, 4) is 0 Å². The Morgan fingerprint density at radius 2 is 2.09 bits per heavy atom. The lowest BCUT2D eigenvalue weighted by Gasteiger charge is -2.24. The number of aromatic nitrogens is 3. The van der Waals surface area contributed by atoms with Crippen LogP contribution in [-0.4, -0.2) is 43.1 Å². The van der Waals surface area contributed by atoms with Crippen molar-refractivity contribution < 1.29 is 14.9 Å². The van der Waals surface area contributed by atoms with E-state index in [0.717, 1.165) is 29.6 Å². The van der Waals surface area contributed by atoms with Crippen molar-refractivity contribution in [2.45, 2.75) is 63.6 Å². The van der Waals surface area contributed by atoms with Gasteiger partial charge in [-0.05, 0) is 31.7 Å². The van der Waals surface area contributed by atoms with Crippen LogP contribution < -0.4 is 0 Å². The molecule has 4 atom stereocenters. The summed E-state index contributed by atoms with van der Waals surface area (Å²) in [6, 6.07) is 1.95. The molecule has 23 heavy (non-hydrogen) atoms. The summed E-state index contributed by atoms with van der Waals surface area (Å²) in [7, 11) is 0. The molecule has 1 aliphatic carbocycles. The highest BCUT2D eigenvalue weighted by molar-refractivity contribution is 5.78. The van der Waals surface area contributed by atoms with Crippen LogP contribution in [0.25, 0.3) is 11.0 Å². The fraction of sp³-hybridized carbons (Fsp3) is 0.647. The summed E-state index contributed by atoms with van der Waals surface area (Å²) in [6.07, 6.45) is 6.41. The second-order valence-corrected chi connectivity index (χ2v) is 6.82. The highest BCUT2D eigenvalue weighted by Gasteiger charge is 2.42. The molecule has 2 aromatic heterocycles. The van der Waals surface area contributed by atoms with Crippen LogP contribution in [0.2, 0.25) is 0 Å². The average molecular weight is 317 g/mol. The summed E-state index contributed by atoms with van der Waals surface area (Å²) < 4.78 is 7.90. The van der Waals surface area contributed by atoms with Crippen LogP contribution in [-0.2, 0) is 4.74 Å². The fourth-order valence-corrected chi connectivity index (χ4v) is 4.06. The molecule has 1 saturated heterocycles. The number of nitrogens with zero attached hydrogens (tertiary/aromatic N) is 3. The highest BCUT2D eigenvalue weighted by Crippen LogP contribution is 2.38. The first-order valence-electron chi connectivity index (χ1n) is 8.45. The Balaban J connectivity index is 1.58. The van der Waals surface area contributed by atoms with Crippen LogP contribution >= 0.6 is 0 Å². The van der Waals surface area contributed by atoms with Gasteiger partial charge in [0.25, 0.3) is 0 Å². The molecular formula is C17H23N3O3. The number of fused-ring (bicyclic) bond motifs is 1. The van der Waals surface area contributed by atoms with E-state index in [4.69, 9.17) is 4.74 Å². The second kappa shape index (κ2) is 5.85. The molecule has 1 aliphatic heterocycles. The molecule has 2 aromatic rings. The van der Waals surface area contributed by atoms with E-state index in [2.05, 4.69) is 9.97 Å². The molecule has 0 spiro atoms. The van der Waals surface area contributed by atoms with Gasteiger partial charge in [-0.15, -0.1) is 0 Å². The second-order valence-electron chi connectivity index (χ2n) is 6.82. The van der Waals surface area contributed by atoms with Gasteiger partial charge >= 0.3 is 0 Å². The van der Waals surface area contributed by atoms with E-state index >= 15 is 0 Å². The van der Waals surface area contributed by atoms with E-state index in [1.165, 1.54) is 19.2 Å². The Hall–Kier alpha value is -1.50. The van der Waals surface area contributed by atoms with Crippen LogP contribution in [0.4, 0.5) is 0 Å². The molecule has 0 bridgehead atoms. The number of aliphatic hydroxyl groups is 2. The highest BCUT2D eigenvalue weighted by atomic mass is 16.5. The summed E-state index contributed by atoms with van der Waals surface area (Å²) in [6.45, 7) is 1.94. The van der Waals surface area contributed by atoms with Crippen LogP contribution in [0, 0.1) is 12.8 Å². The summed E-state index contributed by atoms with van der Waals surface area (Å²) in [4.78, 5) is 8.52. The Kier molecular flexibility index (Phi) is 3.83. The zero-order chi connectivity index (χ0) is 16.0. The lowest BCUT2D eigenvalue weighted by atomic mass is 9.94. The van der Waals surface area contributed by atoms with Gasteiger partial charge in [0.1, 0.15) is 18.1 Å². The van der Waals surface area contributed by atoms with Crippen molar-refractivity contribution in [2.24, 2.45) is 5.92 Å². The number of rotatable bonds is 3. The molecule has 124 valence electrons. The third-order valence-electron chi connectivity index (χ3n) is 5.36. The van der Waals surface area contributed by atoms with E-state index in [1.807, 2.05) is 23.8 Å². The zero-order valence-electron chi connectivity index (χ0n) is 13.3. The quantitative estimate of drug-likeness (QED) is 0.904. The lowest BCUT2D eigenvalue weighted by molar-refractivity contribution is -0.0877. The van der Waals surface area contributed by atoms with Gasteiger partial charge in [0.05, 0.1) is 17.9 Å². The van der Waals surface area contributed by atoms with Crippen molar-refractivity contribution in [1.82, 2.24) is 14.5 Å². The van der Waals surface area contributed by atoms with E-state index < -0.39 is 18.4 Å². The topological polar surface area (TPSA) is 80.4 Å². The predicted molar refractivity (Wildman–Crippen MR) is 84.8 cm³/mol. The zero-order valence-corrected chi connectivity index (χ0v) is 13.3. The molecular weight excluding hydrogens is 294 g/mol. The van der Waals surface area contributed by atoms with Crippen LogP contribution in [0.5, 0.6) is 0 Å². The third-order valence-corrected chi connectivity index (χ3v) is 5.36. The number of hydrogen-bond acceptors (Lipinski definition) is 5. The first-order chi connectivity index (χ1) is 11.1. The average Bonchev–Trinajstić information content (AvgIpc) is 3.25. The first kappa shape index (κ1) is 15.1. The smallest absolute Gasteiger partial charge is 0.161 e. The maximum Gasteiger partial charge on any atom is 0.161 e. The van der Waals surface area contributed by atoms with Gasteiger partial charge < -0.3 is 19.5 Å².